The molecule has 106 valence electrons. The summed E-state index contributed by atoms with van der Waals surface area (Å²) in [4.78, 5) is 22.7. The van der Waals surface area contributed by atoms with E-state index in [1.54, 1.807) is 7.11 Å². The third-order valence-corrected chi connectivity index (χ3v) is 2.41. The molecule has 0 bridgehead atoms. The summed E-state index contributed by atoms with van der Waals surface area (Å²) in [5.41, 5.74) is 0. The van der Waals surface area contributed by atoms with Crippen LogP contribution in [0.3, 0.4) is 0 Å². The zero-order chi connectivity index (χ0) is 13.8. The van der Waals surface area contributed by atoms with Crippen molar-refractivity contribution in [2.24, 2.45) is 5.92 Å². The predicted octanol–water partition coefficient (Wildman–Crippen LogP) is 1.16. The van der Waals surface area contributed by atoms with Crippen molar-refractivity contribution in [3.05, 3.63) is 0 Å². The molecule has 0 fully saturated rings. The maximum absolute atomic E-state index is 11.4. The van der Waals surface area contributed by atoms with Crippen molar-refractivity contribution < 1.29 is 19.1 Å². The first-order valence-electron chi connectivity index (χ1n) is 6.44. The van der Waals surface area contributed by atoms with Gasteiger partial charge in [0.15, 0.2) is 0 Å². The molecule has 0 aliphatic rings. The van der Waals surface area contributed by atoms with Crippen molar-refractivity contribution >= 4 is 11.7 Å². The summed E-state index contributed by atoms with van der Waals surface area (Å²) in [5, 5.41) is 2.78. The van der Waals surface area contributed by atoms with Crippen molar-refractivity contribution in [1.29, 1.82) is 0 Å². The zero-order valence-electron chi connectivity index (χ0n) is 11.7. The molecule has 0 unspecified atom stereocenters. The minimum absolute atomic E-state index is 0.00474. The van der Waals surface area contributed by atoms with Crippen LogP contribution in [0.1, 0.15) is 33.1 Å². The molecule has 0 saturated carbocycles. The van der Waals surface area contributed by atoms with E-state index in [-0.39, 0.29) is 17.6 Å². The minimum atomic E-state index is -0.00474. The standard InChI is InChI=1S/C13H25NO4/c1-11(2)13(16)14-7-4-5-12(15)6-8-18-10-9-17-3/h11H,4-10H2,1-3H3,(H,14,16). The summed E-state index contributed by atoms with van der Waals surface area (Å²) in [6.07, 6.45) is 1.61. The monoisotopic (exact) mass is 259 g/mol. The Morgan fingerprint density at radius 3 is 2.44 bits per heavy atom. The third-order valence-electron chi connectivity index (χ3n) is 2.41. The first-order valence-corrected chi connectivity index (χ1v) is 6.44. The lowest BCUT2D eigenvalue weighted by molar-refractivity contribution is -0.124. The lowest BCUT2D eigenvalue weighted by Crippen LogP contribution is -2.28. The van der Waals surface area contributed by atoms with Crippen LogP contribution in [0.5, 0.6) is 0 Å². The zero-order valence-corrected chi connectivity index (χ0v) is 11.7. The van der Waals surface area contributed by atoms with Gasteiger partial charge in [0, 0.05) is 32.4 Å². The highest BCUT2D eigenvalue weighted by molar-refractivity contribution is 5.79. The van der Waals surface area contributed by atoms with Gasteiger partial charge in [0.05, 0.1) is 19.8 Å². The van der Waals surface area contributed by atoms with E-state index in [2.05, 4.69) is 5.32 Å². The van der Waals surface area contributed by atoms with Gasteiger partial charge in [-0.15, -0.1) is 0 Å². The number of methoxy groups -OCH3 is 1. The number of Topliss-reactive ketones (excluding diaryl/α,β-unsaturated/α-hetero) is 1. The molecule has 0 aromatic rings. The van der Waals surface area contributed by atoms with Crippen LogP contribution in [0, 0.1) is 5.92 Å². The Kier molecular flexibility index (Phi) is 10.6. The van der Waals surface area contributed by atoms with Gasteiger partial charge in [-0.1, -0.05) is 13.8 Å². The normalized spacial score (nSPS) is 10.7. The number of rotatable bonds is 11. The molecular formula is C13H25NO4. The molecule has 0 aromatic carbocycles. The molecule has 5 heteroatoms. The summed E-state index contributed by atoms with van der Waals surface area (Å²) in [5.74, 6) is 0.200. The number of ether oxygens (including phenoxy) is 2. The summed E-state index contributed by atoms with van der Waals surface area (Å²) in [6.45, 7) is 5.77. The molecular weight excluding hydrogens is 234 g/mol. The van der Waals surface area contributed by atoms with Crippen LogP contribution >= 0.6 is 0 Å². The second-order valence-electron chi connectivity index (χ2n) is 4.44. The van der Waals surface area contributed by atoms with Crippen LogP contribution in [0.2, 0.25) is 0 Å². The van der Waals surface area contributed by atoms with Crippen LogP contribution in [0.4, 0.5) is 0 Å². The van der Waals surface area contributed by atoms with Gasteiger partial charge in [0.1, 0.15) is 5.78 Å². The van der Waals surface area contributed by atoms with Crippen molar-refractivity contribution in [3.63, 3.8) is 0 Å². The lowest BCUT2D eigenvalue weighted by atomic mass is 10.1. The van der Waals surface area contributed by atoms with Crippen LogP contribution < -0.4 is 5.32 Å². The lowest BCUT2D eigenvalue weighted by Gasteiger charge is -2.07. The Hall–Kier alpha value is -0.940. The molecule has 0 spiro atoms. The van der Waals surface area contributed by atoms with E-state index >= 15 is 0 Å². The molecule has 0 aliphatic carbocycles. The fourth-order valence-electron chi connectivity index (χ4n) is 1.26. The van der Waals surface area contributed by atoms with Gasteiger partial charge < -0.3 is 14.8 Å². The maximum atomic E-state index is 11.4. The van der Waals surface area contributed by atoms with E-state index in [1.807, 2.05) is 13.8 Å². The van der Waals surface area contributed by atoms with Gasteiger partial charge >= 0.3 is 0 Å². The van der Waals surface area contributed by atoms with Crippen molar-refractivity contribution in [1.82, 2.24) is 5.32 Å². The van der Waals surface area contributed by atoms with Crippen molar-refractivity contribution in [2.75, 3.05) is 33.5 Å². The molecule has 0 radical (unpaired) electrons. The second-order valence-corrected chi connectivity index (χ2v) is 4.44. The topological polar surface area (TPSA) is 64.6 Å². The highest BCUT2D eigenvalue weighted by Gasteiger charge is 2.06. The highest BCUT2D eigenvalue weighted by Crippen LogP contribution is 1.96. The van der Waals surface area contributed by atoms with E-state index in [0.29, 0.717) is 45.6 Å². The van der Waals surface area contributed by atoms with Crippen LogP contribution in [0.25, 0.3) is 0 Å². The van der Waals surface area contributed by atoms with E-state index in [4.69, 9.17) is 9.47 Å². The van der Waals surface area contributed by atoms with Crippen molar-refractivity contribution in [2.45, 2.75) is 33.1 Å². The molecule has 1 amide bonds. The van der Waals surface area contributed by atoms with E-state index in [9.17, 15) is 9.59 Å². The molecule has 0 aliphatic heterocycles. The van der Waals surface area contributed by atoms with Crippen LogP contribution in [-0.2, 0) is 19.1 Å². The highest BCUT2D eigenvalue weighted by atomic mass is 16.5. The number of carbonyl (C=O) groups is 2. The Morgan fingerprint density at radius 2 is 1.83 bits per heavy atom. The Balaban J connectivity index is 3.34. The Bertz CT molecular complexity index is 241. The average Bonchev–Trinajstić information content (AvgIpc) is 2.34. The SMILES string of the molecule is COCCOCCC(=O)CCCNC(=O)C(C)C. The number of amides is 1. The number of carbonyl (C=O) groups excluding carboxylic acids is 2. The summed E-state index contributed by atoms with van der Waals surface area (Å²) >= 11 is 0. The average molecular weight is 259 g/mol. The molecule has 1 N–H and O–H groups in total. The molecule has 0 saturated heterocycles. The van der Waals surface area contributed by atoms with Gasteiger partial charge in [0.2, 0.25) is 5.91 Å². The molecule has 0 heterocycles. The molecule has 0 aromatic heterocycles. The number of hydrogen-bond acceptors (Lipinski definition) is 4. The molecule has 0 atom stereocenters. The second kappa shape index (κ2) is 11.2. The van der Waals surface area contributed by atoms with Gasteiger partial charge in [-0.25, -0.2) is 0 Å². The van der Waals surface area contributed by atoms with E-state index < -0.39 is 0 Å². The summed E-state index contributed by atoms with van der Waals surface area (Å²) in [6, 6.07) is 0. The first kappa shape index (κ1) is 17.1. The van der Waals surface area contributed by atoms with Gasteiger partial charge in [0.25, 0.3) is 0 Å². The Labute approximate surface area is 109 Å². The predicted molar refractivity (Wildman–Crippen MR) is 69.4 cm³/mol. The first-order chi connectivity index (χ1) is 8.57. The van der Waals surface area contributed by atoms with E-state index in [1.165, 1.54) is 0 Å². The van der Waals surface area contributed by atoms with Crippen LogP contribution in [-0.4, -0.2) is 45.2 Å². The van der Waals surface area contributed by atoms with Gasteiger partial charge in [-0.05, 0) is 6.42 Å². The maximum Gasteiger partial charge on any atom is 0.222 e. The largest absolute Gasteiger partial charge is 0.382 e. The third kappa shape index (κ3) is 10.2. The number of hydrogen-bond donors (Lipinski definition) is 1. The Morgan fingerprint density at radius 1 is 1.11 bits per heavy atom. The van der Waals surface area contributed by atoms with E-state index in [0.717, 1.165) is 0 Å². The quantitative estimate of drug-likeness (QED) is 0.566. The summed E-state index contributed by atoms with van der Waals surface area (Å²) in [7, 11) is 1.61. The van der Waals surface area contributed by atoms with Crippen LogP contribution in [0.15, 0.2) is 0 Å². The van der Waals surface area contributed by atoms with Gasteiger partial charge in [-0.2, -0.15) is 0 Å². The smallest absolute Gasteiger partial charge is 0.222 e. The molecule has 5 nitrogen and oxygen atoms in total. The minimum Gasteiger partial charge on any atom is -0.382 e. The summed E-state index contributed by atoms with van der Waals surface area (Å²) < 4.78 is 10.0. The molecule has 0 rings (SSSR count). The number of ketones is 1. The fraction of sp³-hybridized carbons (Fsp3) is 0.846. The molecule has 18 heavy (non-hydrogen) atoms. The van der Waals surface area contributed by atoms with Gasteiger partial charge in [-0.3, -0.25) is 9.59 Å². The fourth-order valence-corrected chi connectivity index (χ4v) is 1.26. The van der Waals surface area contributed by atoms with Crippen molar-refractivity contribution in [3.8, 4) is 0 Å². The number of nitrogens with one attached hydrogen (secondary N) is 1.